The van der Waals surface area contributed by atoms with Gasteiger partial charge in [-0.1, -0.05) is 12.1 Å². The molecule has 1 saturated carbocycles. The maximum atomic E-state index is 13.8. The second-order valence-corrected chi connectivity index (χ2v) is 8.46. The van der Waals surface area contributed by atoms with Crippen LogP contribution in [0, 0.1) is 0 Å². The molecule has 2 saturated heterocycles. The lowest BCUT2D eigenvalue weighted by Gasteiger charge is -2.37. The first kappa shape index (κ1) is 20.6. The third-order valence-corrected chi connectivity index (χ3v) is 6.67. The van der Waals surface area contributed by atoms with Gasteiger partial charge in [0.1, 0.15) is 5.75 Å². The maximum absolute atomic E-state index is 13.8. The summed E-state index contributed by atoms with van der Waals surface area (Å²) >= 11 is 0. The van der Waals surface area contributed by atoms with E-state index < -0.39 is 0 Å². The molecule has 160 valence electrons. The zero-order chi connectivity index (χ0) is 20.1. The van der Waals surface area contributed by atoms with Gasteiger partial charge in [0, 0.05) is 45.4 Å². The maximum Gasteiger partial charge on any atom is 0.233 e. The smallest absolute Gasteiger partial charge is 0.233 e. The molecule has 0 radical (unpaired) electrons. The minimum absolute atomic E-state index is 0.302. The predicted molar refractivity (Wildman–Crippen MR) is 111 cm³/mol. The number of carbonyl (C=O) groups excluding carboxylic acids is 1. The molecular weight excluding hydrogens is 368 g/mol. The number of hydrogen-bond donors (Lipinski definition) is 0. The summed E-state index contributed by atoms with van der Waals surface area (Å²) in [6.45, 7) is 7.03. The highest BCUT2D eigenvalue weighted by Gasteiger charge is 2.53. The van der Waals surface area contributed by atoms with E-state index in [1.54, 1.807) is 7.11 Å². The van der Waals surface area contributed by atoms with Gasteiger partial charge in [-0.05, 0) is 49.8 Å². The lowest BCUT2D eigenvalue weighted by Crippen LogP contribution is -2.49. The second kappa shape index (κ2) is 9.45. The molecule has 0 N–H and O–H groups in total. The molecule has 4 rings (SSSR count). The number of nitrogens with zero attached hydrogens (tertiary/aromatic N) is 2. The van der Waals surface area contributed by atoms with Gasteiger partial charge in [0.25, 0.3) is 0 Å². The Morgan fingerprint density at radius 2 is 1.76 bits per heavy atom. The van der Waals surface area contributed by atoms with Gasteiger partial charge in [-0.25, -0.2) is 0 Å². The minimum Gasteiger partial charge on any atom is -0.497 e. The highest BCUT2D eigenvalue weighted by Crippen LogP contribution is 2.50. The van der Waals surface area contributed by atoms with Crippen LogP contribution in [0.5, 0.6) is 5.75 Å². The van der Waals surface area contributed by atoms with Crippen LogP contribution in [-0.4, -0.2) is 81.5 Å². The molecule has 6 nitrogen and oxygen atoms in total. The first-order valence-electron chi connectivity index (χ1n) is 11.1. The van der Waals surface area contributed by atoms with Crippen molar-refractivity contribution in [3.63, 3.8) is 0 Å². The number of amides is 1. The fraction of sp³-hybridized carbons (Fsp3) is 0.696. The average Bonchev–Trinajstić information content (AvgIpc) is 3.60. The quantitative estimate of drug-likeness (QED) is 0.669. The van der Waals surface area contributed by atoms with Crippen LogP contribution in [-0.2, 0) is 19.7 Å². The summed E-state index contributed by atoms with van der Waals surface area (Å²) in [5, 5.41) is 0. The van der Waals surface area contributed by atoms with Crippen molar-refractivity contribution in [3.8, 4) is 5.75 Å². The van der Waals surface area contributed by atoms with E-state index >= 15 is 0 Å². The van der Waals surface area contributed by atoms with E-state index in [1.165, 1.54) is 0 Å². The zero-order valence-corrected chi connectivity index (χ0v) is 17.6. The molecule has 3 aliphatic rings. The normalized spacial score (nSPS) is 22.2. The molecular formula is C23H34N2O4. The summed E-state index contributed by atoms with van der Waals surface area (Å²) in [6.07, 6.45) is 4.80. The van der Waals surface area contributed by atoms with Gasteiger partial charge >= 0.3 is 0 Å². The first-order valence-corrected chi connectivity index (χ1v) is 11.1. The number of methoxy groups -OCH3 is 1. The van der Waals surface area contributed by atoms with Gasteiger partial charge in [-0.3, -0.25) is 9.69 Å². The molecule has 1 amide bonds. The van der Waals surface area contributed by atoms with E-state index in [-0.39, 0.29) is 5.41 Å². The minimum atomic E-state index is -0.330. The largest absolute Gasteiger partial charge is 0.497 e. The van der Waals surface area contributed by atoms with Crippen molar-refractivity contribution in [2.45, 2.75) is 43.6 Å². The number of ether oxygens (including phenoxy) is 3. The summed E-state index contributed by atoms with van der Waals surface area (Å²) in [4.78, 5) is 18.4. The fourth-order valence-electron chi connectivity index (χ4n) is 4.67. The van der Waals surface area contributed by atoms with E-state index in [2.05, 4.69) is 21.9 Å². The fourth-order valence-corrected chi connectivity index (χ4v) is 4.67. The monoisotopic (exact) mass is 402 g/mol. The predicted octanol–water partition coefficient (Wildman–Crippen LogP) is 2.46. The van der Waals surface area contributed by atoms with Gasteiger partial charge in [0.05, 0.1) is 25.7 Å². The highest BCUT2D eigenvalue weighted by atomic mass is 16.5. The van der Waals surface area contributed by atoms with E-state index in [4.69, 9.17) is 14.2 Å². The third-order valence-electron chi connectivity index (χ3n) is 6.67. The Kier molecular flexibility index (Phi) is 6.73. The highest BCUT2D eigenvalue weighted by molar-refractivity contribution is 5.91. The zero-order valence-electron chi connectivity index (χ0n) is 17.6. The number of benzene rings is 1. The van der Waals surface area contributed by atoms with E-state index in [0.29, 0.717) is 11.9 Å². The molecule has 1 aromatic rings. The molecule has 0 spiro atoms. The molecule has 0 unspecified atom stereocenters. The van der Waals surface area contributed by atoms with Crippen LogP contribution in [0.2, 0.25) is 0 Å². The Morgan fingerprint density at radius 1 is 1.10 bits per heavy atom. The Balaban J connectivity index is 1.44. The van der Waals surface area contributed by atoms with Gasteiger partial charge < -0.3 is 19.1 Å². The van der Waals surface area contributed by atoms with Crippen LogP contribution in [0.25, 0.3) is 0 Å². The summed E-state index contributed by atoms with van der Waals surface area (Å²) < 4.78 is 16.3. The molecule has 0 atom stereocenters. The lowest BCUT2D eigenvalue weighted by atomic mass is 9.92. The van der Waals surface area contributed by atoms with E-state index in [1.807, 2.05) is 12.1 Å². The Bertz CT molecular complexity index is 662. The molecule has 6 heteroatoms. The Hall–Kier alpha value is -1.63. The SMILES string of the molecule is COc1ccc(C2(C(=O)N(CCCN3CCOCC3)C3CCOCC3)CC2)cc1. The Labute approximate surface area is 174 Å². The standard InChI is InChI=1S/C23H34N2O4/c1-27-21-5-3-19(4-6-21)23(9-10-23)22(26)25(20-7-15-28-16-8-20)12-2-11-24-13-17-29-18-14-24/h3-6,20H,2,7-18H2,1H3. The summed E-state index contributed by atoms with van der Waals surface area (Å²) in [6, 6.07) is 8.38. The van der Waals surface area contributed by atoms with Crippen LogP contribution >= 0.6 is 0 Å². The number of carbonyl (C=O) groups is 1. The molecule has 0 bridgehead atoms. The summed E-state index contributed by atoms with van der Waals surface area (Å²) in [7, 11) is 1.67. The van der Waals surface area contributed by atoms with Crippen molar-refractivity contribution in [1.29, 1.82) is 0 Å². The van der Waals surface area contributed by atoms with Crippen molar-refractivity contribution in [1.82, 2.24) is 9.80 Å². The van der Waals surface area contributed by atoms with Gasteiger partial charge in [-0.2, -0.15) is 0 Å². The van der Waals surface area contributed by atoms with Crippen LogP contribution in [0.15, 0.2) is 24.3 Å². The number of hydrogen-bond acceptors (Lipinski definition) is 5. The molecule has 2 heterocycles. The van der Waals surface area contributed by atoms with Gasteiger partial charge in [0.15, 0.2) is 0 Å². The second-order valence-electron chi connectivity index (χ2n) is 8.46. The Morgan fingerprint density at radius 3 is 2.38 bits per heavy atom. The van der Waals surface area contributed by atoms with Crippen LogP contribution in [0.1, 0.15) is 37.7 Å². The first-order chi connectivity index (χ1) is 14.2. The molecule has 29 heavy (non-hydrogen) atoms. The molecule has 3 fully saturated rings. The van der Waals surface area contributed by atoms with Gasteiger partial charge in [-0.15, -0.1) is 0 Å². The molecule has 2 aliphatic heterocycles. The van der Waals surface area contributed by atoms with Gasteiger partial charge in [0.2, 0.25) is 5.91 Å². The van der Waals surface area contributed by atoms with Crippen molar-refractivity contribution in [2.75, 3.05) is 59.7 Å². The summed E-state index contributed by atoms with van der Waals surface area (Å²) in [5.41, 5.74) is 0.803. The molecule has 0 aromatic heterocycles. The van der Waals surface area contributed by atoms with Crippen molar-refractivity contribution in [2.24, 2.45) is 0 Å². The lowest BCUT2D eigenvalue weighted by molar-refractivity contribution is -0.138. The summed E-state index contributed by atoms with van der Waals surface area (Å²) in [5.74, 6) is 1.15. The van der Waals surface area contributed by atoms with E-state index in [9.17, 15) is 4.79 Å². The number of morpholine rings is 1. The number of rotatable bonds is 8. The van der Waals surface area contributed by atoms with Crippen molar-refractivity contribution < 1.29 is 19.0 Å². The van der Waals surface area contributed by atoms with Crippen LogP contribution in [0.4, 0.5) is 0 Å². The molecule has 1 aromatic carbocycles. The van der Waals surface area contributed by atoms with Crippen LogP contribution in [0.3, 0.4) is 0 Å². The van der Waals surface area contributed by atoms with E-state index in [0.717, 1.165) is 96.0 Å². The van der Waals surface area contributed by atoms with Crippen molar-refractivity contribution >= 4 is 5.91 Å². The van der Waals surface area contributed by atoms with Crippen LogP contribution < -0.4 is 4.74 Å². The topological polar surface area (TPSA) is 51.2 Å². The third kappa shape index (κ3) is 4.76. The average molecular weight is 403 g/mol. The van der Waals surface area contributed by atoms with Crippen molar-refractivity contribution in [3.05, 3.63) is 29.8 Å². The molecule has 1 aliphatic carbocycles.